The zero-order valence-corrected chi connectivity index (χ0v) is 20.2. The van der Waals surface area contributed by atoms with Gasteiger partial charge in [-0.15, -0.1) is 0 Å². The number of hydrogen-bond donors (Lipinski definition) is 2. The van der Waals surface area contributed by atoms with E-state index in [1.165, 1.54) is 67.8 Å². The second-order valence-corrected chi connectivity index (χ2v) is 8.10. The maximum atomic E-state index is 13.1. The molecule has 1 amide bonds. The maximum absolute atomic E-state index is 13.1. The Balaban J connectivity index is 1.91. The summed E-state index contributed by atoms with van der Waals surface area (Å²) in [4.78, 5) is 50.5. The van der Waals surface area contributed by atoms with E-state index in [9.17, 15) is 24.3 Å². The lowest BCUT2D eigenvalue weighted by molar-refractivity contribution is -0.157. The molecule has 3 rings (SSSR count). The number of carboxylic acid groups (broad SMARTS) is 1. The van der Waals surface area contributed by atoms with Gasteiger partial charge in [0.25, 0.3) is 5.91 Å². The van der Waals surface area contributed by atoms with E-state index < -0.39 is 36.0 Å². The molecule has 0 saturated heterocycles. The highest BCUT2D eigenvalue weighted by Crippen LogP contribution is 2.20. The number of benzene rings is 3. The predicted octanol–water partition coefficient (Wildman–Crippen LogP) is 4.48. The van der Waals surface area contributed by atoms with Gasteiger partial charge in [-0.25, -0.2) is 14.4 Å². The molecule has 2 N–H and O–H groups in total. The van der Waals surface area contributed by atoms with Crippen LogP contribution in [0.1, 0.15) is 20.7 Å². The van der Waals surface area contributed by atoms with Gasteiger partial charge in [0.15, 0.2) is 0 Å². The third kappa shape index (κ3) is 6.97. The molecule has 3 aromatic rings. The van der Waals surface area contributed by atoms with Crippen LogP contribution in [-0.2, 0) is 19.1 Å². The van der Waals surface area contributed by atoms with Gasteiger partial charge in [-0.05, 0) is 60.7 Å². The maximum Gasteiger partial charge on any atom is 0.349 e. The summed E-state index contributed by atoms with van der Waals surface area (Å²) >= 11 is 11.6. The third-order valence-electron chi connectivity index (χ3n) is 4.74. The fraction of sp³-hybridized carbons (Fsp3) is 0.120. The van der Waals surface area contributed by atoms with Crippen LogP contribution in [0.15, 0.2) is 72.8 Å². The van der Waals surface area contributed by atoms with E-state index in [-0.39, 0.29) is 16.8 Å². The fourth-order valence-corrected chi connectivity index (χ4v) is 3.20. The smallest absolute Gasteiger partial charge is 0.349 e. The first kappa shape index (κ1) is 26.5. The molecule has 9 nitrogen and oxygen atoms in total. The number of amides is 1. The highest BCUT2D eigenvalue weighted by Gasteiger charge is 2.41. The Morgan fingerprint density at radius 3 is 1.75 bits per heavy atom. The minimum atomic E-state index is -2.19. The van der Waals surface area contributed by atoms with E-state index in [4.69, 9.17) is 37.4 Å². The average molecular weight is 532 g/mol. The van der Waals surface area contributed by atoms with Gasteiger partial charge in [0.2, 0.25) is 12.2 Å². The number of carbonyl (C=O) groups excluding carboxylic acids is 3. The average Bonchev–Trinajstić information content (AvgIpc) is 2.86. The first-order valence-electron chi connectivity index (χ1n) is 10.3. The van der Waals surface area contributed by atoms with Crippen molar-refractivity contribution in [1.29, 1.82) is 0 Å². The van der Waals surface area contributed by atoms with Gasteiger partial charge in [0, 0.05) is 21.8 Å². The summed E-state index contributed by atoms with van der Waals surface area (Å²) in [5.41, 5.74) is 0.188. The van der Waals surface area contributed by atoms with Crippen molar-refractivity contribution in [1.82, 2.24) is 0 Å². The zero-order valence-electron chi connectivity index (χ0n) is 18.6. The Morgan fingerprint density at radius 1 is 0.778 bits per heavy atom. The Morgan fingerprint density at radius 2 is 1.28 bits per heavy atom. The number of esters is 2. The zero-order chi connectivity index (χ0) is 26.2. The number of anilines is 1. The molecule has 0 aliphatic heterocycles. The first-order chi connectivity index (χ1) is 17.2. The third-order valence-corrected chi connectivity index (χ3v) is 5.25. The van der Waals surface area contributed by atoms with Crippen LogP contribution in [0.2, 0.25) is 10.0 Å². The number of carbonyl (C=O) groups is 4. The van der Waals surface area contributed by atoms with Gasteiger partial charge in [0.05, 0.1) is 18.2 Å². The number of halogens is 2. The van der Waals surface area contributed by atoms with Gasteiger partial charge in [0.1, 0.15) is 5.75 Å². The van der Waals surface area contributed by atoms with Gasteiger partial charge in [-0.3, -0.25) is 4.79 Å². The van der Waals surface area contributed by atoms with Crippen molar-refractivity contribution in [3.05, 3.63) is 94.0 Å². The summed E-state index contributed by atoms with van der Waals surface area (Å²) < 4.78 is 15.4. The van der Waals surface area contributed by atoms with Crippen molar-refractivity contribution in [2.75, 3.05) is 12.4 Å². The largest absolute Gasteiger partial charge is 0.497 e. The molecule has 0 fully saturated rings. The van der Waals surface area contributed by atoms with Crippen molar-refractivity contribution in [3.8, 4) is 5.75 Å². The Hall–Kier alpha value is -4.08. The fourth-order valence-electron chi connectivity index (χ4n) is 2.95. The number of nitrogens with one attached hydrogen (secondary N) is 1. The van der Waals surface area contributed by atoms with Crippen LogP contribution >= 0.6 is 23.2 Å². The highest BCUT2D eigenvalue weighted by atomic mass is 35.5. The van der Waals surface area contributed by atoms with Crippen LogP contribution < -0.4 is 10.1 Å². The van der Waals surface area contributed by atoms with Crippen molar-refractivity contribution >= 4 is 52.7 Å². The van der Waals surface area contributed by atoms with Crippen molar-refractivity contribution in [2.24, 2.45) is 0 Å². The topological polar surface area (TPSA) is 128 Å². The van der Waals surface area contributed by atoms with Crippen molar-refractivity contribution in [2.45, 2.75) is 12.2 Å². The van der Waals surface area contributed by atoms with Crippen LogP contribution in [0, 0.1) is 0 Å². The van der Waals surface area contributed by atoms with Crippen LogP contribution in [-0.4, -0.2) is 48.2 Å². The lowest BCUT2D eigenvalue weighted by Crippen LogP contribution is -2.48. The summed E-state index contributed by atoms with van der Waals surface area (Å²) in [7, 11) is 1.42. The molecule has 0 spiro atoms. The number of methoxy groups -OCH3 is 1. The second-order valence-electron chi connectivity index (χ2n) is 7.23. The number of ether oxygens (including phenoxy) is 3. The van der Waals surface area contributed by atoms with E-state index >= 15 is 0 Å². The molecule has 0 radical (unpaired) electrons. The van der Waals surface area contributed by atoms with Gasteiger partial charge < -0.3 is 24.6 Å². The lowest BCUT2D eigenvalue weighted by Gasteiger charge is -2.23. The van der Waals surface area contributed by atoms with Gasteiger partial charge >= 0.3 is 17.9 Å². The van der Waals surface area contributed by atoms with E-state index in [0.29, 0.717) is 15.8 Å². The molecule has 0 aromatic heterocycles. The summed E-state index contributed by atoms with van der Waals surface area (Å²) in [5, 5.41) is 12.9. The lowest BCUT2D eigenvalue weighted by atomic mass is 10.1. The van der Waals surface area contributed by atoms with E-state index in [1.807, 2.05) is 0 Å². The summed E-state index contributed by atoms with van der Waals surface area (Å²) in [6.07, 6.45) is -4.25. The molecule has 36 heavy (non-hydrogen) atoms. The molecule has 11 heteroatoms. The van der Waals surface area contributed by atoms with Crippen molar-refractivity contribution < 1.29 is 38.5 Å². The highest BCUT2D eigenvalue weighted by molar-refractivity contribution is 6.31. The normalized spacial score (nSPS) is 12.1. The molecular formula is C25H19Cl2NO8. The molecule has 0 aliphatic carbocycles. The van der Waals surface area contributed by atoms with Gasteiger partial charge in [-0.2, -0.15) is 0 Å². The summed E-state index contributed by atoms with van der Waals surface area (Å²) in [6.45, 7) is 0. The molecule has 0 bridgehead atoms. The van der Waals surface area contributed by atoms with Gasteiger partial charge in [-0.1, -0.05) is 29.3 Å². The molecule has 186 valence electrons. The molecule has 0 saturated carbocycles. The Kier molecular flexibility index (Phi) is 8.88. The Bertz CT molecular complexity index is 1260. The number of rotatable bonds is 9. The minimum absolute atomic E-state index is 0.00764. The van der Waals surface area contributed by atoms with Crippen molar-refractivity contribution in [3.63, 3.8) is 0 Å². The number of aliphatic carboxylic acids is 1. The van der Waals surface area contributed by atoms with Crippen LogP contribution in [0.25, 0.3) is 0 Å². The summed E-state index contributed by atoms with van der Waals surface area (Å²) in [6, 6.07) is 17.1. The minimum Gasteiger partial charge on any atom is -0.497 e. The monoisotopic (exact) mass is 531 g/mol. The molecule has 0 aliphatic rings. The number of hydrogen-bond acceptors (Lipinski definition) is 7. The quantitative estimate of drug-likeness (QED) is 0.387. The second kappa shape index (κ2) is 12.1. The molecule has 0 unspecified atom stereocenters. The van der Waals surface area contributed by atoms with Crippen LogP contribution in [0.4, 0.5) is 5.69 Å². The predicted molar refractivity (Wildman–Crippen MR) is 131 cm³/mol. The molecule has 3 aromatic carbocycles. The van der Waals surface area contributed by atoms with E-state index in [1.54, 1.807) is 12.1 Å². The first-order valence-corrected chi connectivity index (χ1v) is 11.0. The molecule has 0 heterocycles. The summed E-state index contributed by atoms with van der Waals surface area (Å²) in [5.74, 6) is -4.47. The SMILES string of the molecule is COc1cccc(NC(=O)[C@H](OC(=O)c2ccc(Cl)cc2)[C@@H](OC(=O)c2ccc(Cl)cc2)C(=O)O)c1. The van der Waals surface area contributed by atoms with Crippen LogP contribution in [0.3, 0.4) is 0 Å². The standard InChI is InChI=1S/C25H19Cl2NO8/c1-34-19-4-2-3-18(13-19)28-22(29)20(35-24(32)14-5-9-16(26)10-6-14)21(23(30)31)36-25(33)15-7-11-17(27)12-8-15/h2-13,20-21H,1H3,(H,28,29)(H,30,31)/t20-,21-/m1/s1. The van der Waals surface area contributed by atoms with E-state index in [0.717, 1.165) is 0 Å². The van der Waals surface area contributed by atoms with Crippen LogP contribution in [0.5, 0.6) is 5.75 Å². The van der Waals surface area contributed by atoms with E-state index in [2.05, 4.69) is 5.32 Å². The molecular weight excluding hydrogens is 513 g/mol. The number of carboxylic acids is 1. The Labute approximate surface area is 215 Å². The molecule has 2 atom stereocenters.